The highest BCUT2D eigenvalue weighted by molar-refractivity contribution is 7.89. The Morgan fingerprint density at radius 3 is 2.18 bits per heavy atom. The molecule has 9 heteroatoms. The van der Waals surface area contributed by atoms with Crippen molar-refractivity contribution in [2.75, 3.05) is 32.7 Å². The zero-order valence-corrected chi connectivity index (χ0v) is 14.0. The summed E-state index contributed by atoms with van der Waals surface area (Å²) in [4.78, 5) is 12.4. The lowest BCUT2D eigenvalue weighted by molar-refractivity contribution is -0.137. The topological polar surface area (TPSA) is 77.9 Å². The van der Waals surface area contributed by atoms with Gasteiger partial charge in [0.05, 0.1) is 16.5 Å². The summed E-state index contributed by atoms with van der Waals surface area (Å²) >= 11 is 12.0. The average molecular weight is 367 g/mol. The van der Waals surface area contributed by atoms with Crippen molar-refractivity contribution < 1.29 is 18.3 Å². The molecule has 1 heterocycles. The molecule has 0 spiro atoms. The fourth-order valence-electron chi connectivity index (χ4n) is 2.31. The van der Waals surface area contributed by atoms with Gasteiger partial charge in [0.15, 0.2) is 0 Å². The monoisotopic (exact) mass is 366 g/mol. The van der Waals surface area contributed by atoms with Crippen molar-refractivity contribution in [2.45, 2.75) is 11.3 Å². The van der Waals surface area contributed by atoms with Gasteiger partial charge in [0, 0.05) is 32.7 Å². The summed E-state index contributed by atoms with van der Waals surface area (Å²) in [5.74, 6) is -0.863. The Morgan fingerprint density at radius 2 is 1.68 bits per heavy atom. The molecule has 122 valence electrons. The molecule has 1 N–H and O–H groups in total. The summed E-state index contributed by atoms with van der Waals surface area (Å²) in [6.07, 6.45) is 0.0447. The van der Waals surface area contributed by atoms with Crippen molar-refractivity contribution in [3.05, 3.63) is 28.2 Å². The molecule has 0 bridgehead atoms. The second-order valence-electron chi connectivity index (χ2n) is 4.94. The lowest BCUT2D eigenvalue weighted by atomic mass is 10.3. The van der Waals surface area contributed by atoms with Gasteiger partial charge in [0.25, 0.3) is 0 Å². The molecule has 1 aliphatic rings. The van der Waals surface area contributed by atoms with E-state index in [2.05, 4.69) is 0 Å². The largest absolute Gasteiger partial charge is 0.481 e. The van der Waals surface area contributed by atoms with E-state index >= 15 is 0 Å². The molecular weight excluding hydrogens is 351 g/mol. The van der Waals surface area contributed by atoms with E-state index in [4.69, 9.17) is 28.3 Å². The number of sulfonamides is 1. The fourth-order valence-corrected chi connectivity index (χ4v) is 4.82. The highest BCUT2D eigenvalue weighted by atomic mass is 35.5. The minimum absolute atomic E-state index is 0.0447. The SMILES string of the molecule is O=C(O)CCN1CCN(S(=O)(=O)c2c(Cl)cccc2Cl)CC1. The Kier molecular flexibility index (Phi) is 5.68. The third-order valence-electron chi connectivity index (χ3n) is 3.49. The van der Waals surface area contributed by atoms with Gasteiger partial charge >= 0.3 is 5.97 Å². The molecule has 0 atom stereocenters. The normalized spacial score (nSPS) is 17.5. The molecule has 6 nitrogen and oxygen atoms in total. The number of carbonyl (C=O) groups is 1. The zero-order valence-electron chi connectivity index (χ0n) is 11.7. The number of piperazine rings is 1. The van der Waals surface area contributed by atoms with Crippen molar-refractivity contribution in [1.29, 1.82) is 0 Å². The van der Waals surface area contributed by atoms with Crippen LogP contribution in [0, 0.1) is 0 Å². The molecule has 1 aliphatic heterocycles. The van der Waals surface area contributed by atoms with Gasteiger partial charge in [0.2, 0.25) is 10.0 Å². The quantitative estimate of drug-likeness (QED) is 0.858. The average Bonchev–Trinajstić information content (AvgIpc) is 2.45. The van der Waals surface area contributed by atoms with Crippen molar-refractivity contribution in [2.24, 2.45) is 0 Å². The lowest BCUT2D eigenvalue weighted by Crippen LogP contribution is -2.49. The Bertz CT molecular complexity index is 638. The van der Waals surface area contributed by atoms with E-state index in [1.54, 1.807) is 6.07 Å². The molecule has 0 saturated carbocycles. The number of rotatable bonds is 5. The number of carboxylic acid groups (broad SMARTS) is 1. The van der Waals surface area contributed by atoms with Crippen molar-refractivity contribution >= 4 is 39.2 Å². The molecule has 22 heavy (non-hydrogen) atoms. The molecular formula is C13H16Cl2N2O4S. The first-order valence-corrected chi connectivity index (χ1v) is 8.90. The van der Waals surface area contributed by atoms with Gasteiger partial charge in [-0.05, 0) is 12.1 Å². The molecule has 0 amide bonds. The molecule has 1 aromatic rings. The maximum Gasteiger partial charge on any atom is 0.304 e. The minimum atomic E-state index is -3.75. The highest BCUT2D eigenvalue weighted by Gasteiger charge is 2.31. The molecule has 1 aromatic carbocycles. The molecule has 0 radical (unpaired) electrons. The van der Waals surface area contributed by atoms with E-state index in [-0.39, 0.29) is 34.5 Å². The van der Waals surface area contributed by atoms with E-state index in [1.807, 2.05) is 4.90 Å². The first-order valence-electron chi connectivity index (χ1n) is 6.70. The van der Waals surface area contributed by atoms with Crippen LogP contribution in [0.3, 0.4) is 0 Å². The summed E-state index contributed by atoms with van der Waals surface area (Å²) in [7, 11) is -3.75. The molecule has 0 aromatic heterocycles. The van der Waals surface area contributed by atoms with Crippen molar-refractivity contribution in [3.63, 3.8) is 0 Å². The molecule has 1 saturated heterocycles. The summed E-state index contributed by atoms with van der Waals surface area (Å²) in [6.45, 7) is 1.94. The van der Waals surface area contributed by atoms with Crippen LogP contribution in [0.1, 0.15) is 6.42 Å². The maximum absolute atomic E-state index is 12.6. The predicted octanol–water partition coefficient (Wildman–Crippen LogP) is 1.77. The van der Waals surface area contributed by atoms with Gasteiger partial charge in [-0.15, -0.1) is 0 Å². The summed E-state index contributed by atoms with van der Waals surface area (Å²) < 4.78 is 26.6. The van der Waals surface area contributed by atoms with E-state index < -0.39 is 16.0 Å². The molecule has 1 fully saturated rings. The van der Waals surface area contributed by atoms with Gasteiger partial charge in [0.1, 0.15) is 4.90 Å². The smallest absolute Gasteiger partial charge is 0.304 e. The molecule has 0 unspecified atom stereocenters. The summed E-state index contributed by atoms with van der Waals surface area (Å²) in [6, 6.07) is 4.57. The van der Waals surface area contributed by atoms with Crippen LogP contribution in [0.25, 0.3) is 0 Å². The van der Waals surface area contributed by atoms with Crippen LogP contribution in [0.15, 0.2) is 23.1 Å². The molecule has 0 aliphatic carbocycles. The Balaban J connectivity index is 2.08. The van der Waals surface area contributed by atoms with Gasteiger partial charge < -0.3 is 10.0 Å². The Labute approximate surface area is 139 Å². The highest BCUT2D eigenvalue weighted by Crippen LogP contribution is 2.31. The van der Waals surface area contributed by atoms with E-state index in [1.165, 1.54) is 16.4 Å². The third-order valence-corrected chi connectivity index (χ3v) is 6.34. The Morgan fingerprint density at radius 1 is 1.14 bits per heavy atom. The van der Waals surface area contributed by atoms with Crippen LogP contribution in [0.5, 0.6) is 0 Å². The number of nitrogens with zero attached hydrogens (tertiary/aromatic N) is 2. The van der Waals surface area contributed by atoms with Gasteiger partial charge in [-0.25, -0.2) is 8.42 Å². The van der Waals surface area contributed by atoms with E-state index in [0.717, 1.165) is 0 Å². The number of hydrogen-bond acceptors (Lipinski definition) is 4. The standard InChI is InChI=1S/C13H16Cl2N2O4S/c14-10-2-1-3-11(15)13(10)22(20,21)17-8-6-16(7-9-17)5-4-12(18)19/h1-3H,4-9H2,(H,18,19). The van der Waals surface area contributed by atoms with Crippen LogP contribution in [-0.4, -0.2) is 61.4 Å². The first kappa shape index (κ1) is 17.5. The van der Waals surface area contributed by atoms with E-state index in [0.29, 0.717) is 19.6 Å². The number of carboxylic acids is 1. The lowest BCUT2D eigenvalue weighted by Gasteiger charge is -2.33. The minimum Gasteiger partial charge on any atom is -0.481 e. The van der Waals surface area contributed by atoms with Gasteiger partial charge in [-0.1, -0.05) is 29.3 Å². The van der Waals surface area contributed by atoms with E-state index in [9.17, 15) is 13.2 Å². The van der Waals surface area contributed by atoms with Gasteiger partial charge in [-0.3, -0.25) is 4.79 Å². The zero-order chi connectivity index (χ0) is 16.3. The number of aliphatic carboxylic acids is 1. The van der Waals surface area contributed by atoms with Crippen molar-refractivity contribution in [1.82, 2.24) is 9.21 Å². The van der Waals surface area contributed by atoms with Crippen LogP contribution in [-0.2, 0) is 14.8 Å². The van der Waals surface area contributed by atoms with Crippen LogP contribution < -0.4 is 0 Å². The fraction of sp³-hybridized carbons (Fsp3) is 0.462. The number of halogens is 2. The number of benzene rings is 1. The summed E-state index contributed by atoms with van der Waals surface area (Å²) in [5.41, 5.74) is 0. The molecule has 2 rings (SSSR count). The third kappa shape index (κ3) is 3.91. The van der Waals surface area contributed by atoms with Gasteiger partial charge in [-0.2, -0.15) is 4.31 Å². The Hall–Kier alpha value is -0.860. The van der Waals surface area contributed by atoms with Crippen LogP contribution >= 0.6 is 23.2 Å². The second-order valence-corrected chi connectivity index (χ2v) is 7.63. The summed E-state index contributed by atoms with van der Waals surface area (Å²) in [5, 5.41) is 8.87. The predicted molar refractivity (Wildman–Crippen MR) is 83.9 cm³/mol. The van der Waals surface area contributed by atoms with Crippen LogP contribution in [0.4, 0.5) is 0 Å². The first-order chi connectivity index (χ1) is 10.3. The van der Waals surface area contributed by atoms with Crippen molar-refractivity contribution in [3.8, 4) is 0 Å². The van der Waals surface area contributed by atoms with Crippen LogP contribution in [0.2, 0.25) is 10.0 Å². The maximum atomic E-state index is 12.6. The second kappa shape index (κ2) is 7.14. The number of hydrogen-bond donors (Lipinski definition) is 1.